The zero-order chi connectivity index (χ0) is 15.5. The Kier molecular flexibility index (Phi) is 3.90. The maximum absolute atomic E-state index is 13.2. The van der Waals surface area contributed by atoms with Gasteiger partial charge in [-0.2, -0.15) is 9.78 Å². The summed E-state index contributed by atoms with van der Waals surface area (Å²) in [5.41, 5.74) is 0.565. The van der Waals surface area contributed by atoms with Crippen molar-refractivity contribution in [2.24, 2.45) is 0 Å². The molecule has 0 N–H and O–H groups in total. The fourth-order valence-corrected chi connectivity index (χ4v) is 1.99. The molecule has 0 spiro atoms. The van der Waals surface area contributed by atoms with Gasteiger partial charge in [-0.1, -0.05) is 24.2 Å². The molecule has 0 saturated heterocycles. The van der Waals surface area contributed by atoms with Crippen molar-refractivity contribution in [3.05, 3.63) is 41.8 Å². The molecule has 1 atom stereocenters. The van der Waals surface area contributed by atoms with E-state index in [4.69, 9.17) is 4.52 Å². The zero-order valence-corrected chi connectivity index (χ0v) is 12.3. The third-order valence-corrected chi connectivity index (χ3v) is 3.17. The largest absolute Gasteiger partial charge is 0.337 e. The van der Waals surface area contributed by atoms with Gasteiger partial charge in [-0.25, -0.2) is 4.39 Å². The summed E-state index contributed by atoms with van der Waals surface area (Å²) >= 11 is 0. The van der Waals surface area contributed by atoms with E-state index in [1.54, 1.807) is 12.1 Å². The van der Waals surface area contributed by atoms with Gasteiger partial charge in [-0.05, 0) is 30.7 Å². The molecule has 0 saturated carbocycles. The van der Waals surface area contributed by atoms with Crippen LogP contribution in [0.5, 0.6) is 0 Å². The topological polar surface area (TPSA) is 82.5 Å². The van der Waals surface area contributed by atoms with Crippen LogP contribution in [0.25, 0.3) is 11.4 Å². The molecule has 1 aromatic carbocycles. The minimum Gasteiger partial charge on any atom is -0.337 e. The lowest BCUT2D eigenvalue weighted by Gasteiger charge is -2.02. The number of aryl methyl sites for hydroxylation is 1. The van der Waals surface area contributed by atoms with Crippen molar-refractivity contribution in [3.8, 4) is 11.4 Å². The first-order valence-corrected chi connectivity index (χ1v) is 7.05. The summed E-state index contributed by atoms with van der Waals surface area (Å²) in [5, 5.41) is 16.1. The molecule has 0 fully saturated rings. The van der Waals surface area contributed by atoms with Crippen molar-refractivity contribution in [3.63, 3.8) is 0 Å². The van der Waals surface area contributed by atoms with Crippen molar-refractivity contribution >= 4 is 0 Å². The number of nitrogens with zero attached hydrogens (tertiary/aromatic N) is 6. The van der Waals surface area contributed by atoms with Gasteiger partial charge in [0.05, 0.1) is 0 Å². The number of hydrogen-bond acceptors (Lipinski definition) is 6. The molecule has 7 nitrogen and oxygen atoms in total. The van der Waals surface area contributed by atoms with Crippen LogP contribution in [-0.2, 0) is 6.42 Å². The van der Waals surface area contributed by atoms with Gasteiger partial charge in [-0.3, -0.25) is 0 Å². The third kappa shape index (κ3) is 2.85. The smallest absolute Gasteiger partial charge is 0.253 e. The van der Waals surface area contributed by atoms with E-state index in [0.29, 0.717) is 23.1 Å². The Balaban J connectivity index is 1.83. The average molecular weight is 302 g/mol. The second-order valence-corrected chi connectivity index (χ2v) is 4.92. The van der Waals surface area contributed by atoms with Gasteiger partial charge in [0.15, 0.2) is 5.82 Å². The molecule has 2 heterocycles. The number of tetrazole rings is 1. The van der Waals surface area contributed by atoms with Crippen LogP contribution >= 0.6 is 0 Å². The fraction of sp³-hybridized carbons (Fsp3) is 0.357. The Morgan fingerprint density at radius 2 is 2.23 bits per heavy atom. The highest BCUT2D eigenvalue weighted by Gasteiger charge is 2.19. The van der Waals surface area contributed by atoms with Gasteiger partial charge in [0, 0.05) is 12.0 Å². The van der Waals surface area contributed by atoms with Gasteiger partial charge in [-0.15, -0.1) is 10.2 Å². The number of aromatic nitrogens is 6. The van der Waals surface area contributed by atoms with Crippen molar-refractivity contribution in [2.45, 2.75) is 32.7 Å². The Morgan fingerprint density at radius 3 is 3.00 bits per heavy atom. The van der Waals surface area contributed by atoms with E-state index in [-0.39, 0.29) is 11.9 Å². The molecule has 0 aliphatic carbocycles. The lowest BCUT2D eigenvalue weighted by molar-refractivity contribution is 0.318. The first-order valence-electron chi connectivity index (χ1n) is 7.05. The predicted molar refractivity (Wildman–Crippen MR) is 75.3 cm³/mol. The van der Waals surface area contributed by atoms with Crippen LogP contribution < -0.4 is 0 Å². The molecule has 0 aliphatic rings. The minimum absolute atomic E-state index is 0.340. The number of rotatable bonds is 5. The minimum atomic E-state index is -0.344. The molecule has 8 heteroatoms. The Hall–Kier alpha value is -2.64. The summed E-state index contributed by atoms with van der Waals surface area (Å²) in [5.74, 6) is 1.09. The lowest BCUT2D eigenvalue weighted by atomic mass is 10.2. The summed E-state index contributed by atoms with van der Waals surface area (Å²) in [7, 11) is 0. The highest BCUT2D eigenvalue weighted by molar-refractivity contribution is 5.53. The second kappa shape index (κ2) is 6.00. The quantitative estimate of drug-likeness (QED) is 0.720. The normalized spacial score (nSPS) is 12.5. The van der Waals surface area contributed by atoms with E-state index in [9.17, 15) is 4.39 Å². The van der Waals surface area contributed by atoms with Crippen LogP contribution in [0.15, 0.2) is 28.8 Å². The van der Waals surface area contributed by atoms with Gasteiger partial charge >= 0.3 is 0 Å². The van der Waals surface area contributed by atoms with Crippen LogP contribution in [0.3, 0.4) is 0 Å². The van der Waals surface area contributed by atoms with Crippen molar-refractivity contribution in [1.29, 1.82) is 0 Å². The van der Waals surface area contributed by atoms with Crippen LogP contribution in [0.4, 0.5) is 4.39 Å². The van der Waals surface area contributed by atoms with E-state index < -0.39 is 0 Å². The summed E-state index contributed by atoms with van der Waals surface area (Å²) in [6, 6.07) is 5.71. The summed E-state index contributed by atoms with van der Waals surface area (Å²) < 4.78 is 18.5. The Morgan fingerprint density at radius 1 is 1.36 bits per heavy atom. The van der Waals surface area contributed by atoms with Gasteiger partial charge in [0.1, 0.15) is 11.9 Å². The number of hydrogen-bond donors (Lipinski definition) is 0. The zero-order valence-electron chi connectivity index (χ0n) is 12.3. The summed E-state index contributed by atoms with van der Waals surface area (Å²) in [4.78, 5) is 5.68. The van der Waals surface area contributed by atoms with E-state index in [2.05, 4.69) is 25.6 Å². The molecule has 3 rings (SSSR count). The van der Waals surface area contributed by atoms with Crippen LogP contribution in [0, 0.1) is 5.82 Å². The molecular weight excluding hydrogens is 287 g/mol. The molecule has 0 amide bonds. The van der Waals surface area contributed by atoms with E-state index >= 15 is 0 Å². The van der Waals surface area contributed by atoms with Crippen molar-refractivity contribution in [2.75, 3.05) is 0 Å². The second-order valence-electron chi connectivity index (χ2n) is 4.92. The summed E-state index contributed by atoms with van der Waals surface area (Å²) in [6.07, 6.45) is 1.70. The van der Waals surface area contributed by atoms with Crippen LogP contribution in [-0.4, -0.2) is 30.3 Å². The summed E-state index contributed by atoms with van der Waals surface area (Å²) in [6.45, 7) is 3.88. The number of benzene rings is 1. The highest BCUT2D eigenvalue weighted by atomic mass is 19.1. The number of halogens is 1. The maximum atomic E-state index is 13.2. The SMILES string of the molecule is CCCc1noc([C@H](C)n2nnc(-c3cccc(F)c3)n2)n1. The highest BCUT2D eigenvalue weighted by Crippen LogP contribution is 2.18. The molecule has 0 radical (unpaired) electrons. The third-order valence-electron chi connectivity index (χ3n) is 3.17. The van der Waals surface area contributed by atoms with Crippen LogP contribution in [0.1, 0.15) is 38.0 Å². The first-order chi connectivity index (χ1) is 10.7. The van der Waals surface area contributed by atoms with Gasteiger partial charge in [0.2, 0.25) is 5.82 Å². The predicted octanol–water partition coefficient (Wildman–Crippen LogP) is 2.42. The standard InChI is InChI=1S/C14H15FN6O/c1-3-5-12-16-14(22-19-12)9(2)21-18-13(17-20-21)10-6-4-7-11(15)8-10/h4,6-9H,3,5H2,1-2H3/t9-/m0/s1. The molecule has 2 aromatic heterocycles. The molecule has 3 aromatic rings. The molecule has 0 aliphatic heterocycles. The molecule has 114 valence electrons. The van der Waals surface area contributed by atoms with Gasteiger partial charge < -0.3 is 4.52 Å². The van der Waals surface area contributed by atoms with Crippen LogP contribution in [0.2, 0.25) is 0 Å². The Bertz CT molecular complexity index is 768. The van der Waals surface area contributed by atoms with E-state index in [1.807, 2.05) is 13.8 Å². The maximum Gasteiger partial charge on any atom is 0.253 e. The van der Waals surface area contributed by atoms with E-state index in [1.165, 1.54) is 16.9 Å². The monoisotopic (exact) mass is 302 g/mol. The molecule has 0 bridgehead atoms. The van der Waals surface area contributed by atoms with E-state index in [0.717, 1.165) is 12.8 Å². The van der Waals surface area contributed by atoms with Crippen molar-refractivity contribution in [1.82, 2.24) is 30.3 Å². The molecular formula is C14H15FN6O. The first kappa shape index (κ1) is 14.3. The molecule has 22 heavy (non-hydrogen) atoms. The molecule has 0 unspecified atom stereocenters. The lowest BCUT2D eigenvalue weighted by Crippen LogP contribution is -2.11. The fourth-order valence-electron chi connectivity index (χ4n) is 1.99. The van der Waals surface area contributed by atoms with Crippen molar-refractivity contribution < 1.29 is 8.91 Å². The average Bonchev–Trinajstić information content (AvgIpc) is 3.16. The van der Waals surface area contributed by atoms with Gasteiger partial charge in [0.25, 0.3) is 5.89 Å². The Labute approximate surface area is 126 Å².